The molecule has 0 aromatic heterocycles. The molecule has 4 rings (SSSR count). The molecule has 2 N–H and O–H groups in total. The number of carbonyl (C=O) groups is 3. The first kappa shape index (κ1) is 33.1. The zero-order valence-electron chi connectivity index (χ0n) is 24.6. The number of alkyl halides is 6. The Bertz CT molecular complexity index is 1360. The fraction of sp³-hybridized carbons (Fsp3) is 0.516. The van der Waals surface area contributed by atoms with Crippen LogP contribution in [0.25, 0.3) is 0 Å². The summed E-state index contributed by atoms with van der Waals surface area (Å²) in [6.07, 6.45) is -7.85. The molecule has 1 aliphatic heterocycles. The number of carboxylic acid groups (broad SMARTS) is 1. The van der Waals surface area contributed by atoms with Crippen LogP contribution >= 0.6 is 0 Å². The zero-order chi connectivity index (χ0) is 32.7. The molecule has 1 saturated carbocycles. The highest BCUT2D eigenvalue weighted by Gasteiger charge is 2.52. The van der Waals surface area contributed by atoms with Crippen molar-refractivity contribution in [2.24, 2.45) is 11.3 Å². The van der Waals surface area contributed by atoms with E-state index >= 15 is 0 Å². The highest BCUT2D eigenvalue weighted by atomic mass is 19.4. The largest absolute Gasteiger partial charge is 0.481 e. The highest BCUT2D eigenvalue weighted by Crippen LogP contribution is 2.48. The number of nitrogens with one attached hydrogen (secondary N) is 1. The van der Waals surface area contributed by atoms with Crippen molar-refractivity contribution >= 4 is 23.6 Å². The Morgan fingerprint density at radius 2 is 1.48 bits per heavy atom. The van der Waals surface area contributed by atoms with Gasteiger partial charge in [-0.1, -0.05) is 32.9 Å². The van der Waals surface area contributed by atoms with Crippen LogP contribution in [-0.4, -0.2) is 46.5 Å². The third kappa shape index (κ3) is 7.29. The third-order valence-electron chi connectivity index (χ3n) is 8.69. The molecular formula is C31H35F6N3O4. The maximum atomic E-state index is 13.9. The number of halogens is 6. The summed E-state index contributed by atoms with van der Waals surface area (Å²) in [5.41, 5.74) is -3.41. The smallest absolute Gasteiger partial charge is 0.416 e. The van der Waals surface area contributed by atoms with Crippen molar-refractivity contribution in [1.82, 2.24) is 10.2 Å². The maximum absolute atomic E-state index is 13.9. The van der Waals surface area contributed by atoms with Gasteiger partial charge in [0.15, 0.2) is 0 Å². The number of hydrogen-bond acceptors (Lipinski definition) is 3. The van der Waals surface area contributed by atoms with Crippen LogP contribution in [0, 0.1) is 11.3 Å². The summed E-state index contributed by atoms with van der Waals surface area (Å²) in [7, 11) is 0. The van der Waals surface area contributed by atoms with Crippen LogP contribution in [0.15, 0.2) is 42.5 Å². The van der Waals surface area contributed by atoms with Gasteiger partial charge < -0.3 is 15.3 Å². The minimum atomic E-state index is -5.05. The number of anilines is 1. The van der Waals surface area contributed by atoms with Gasteiger partial charge in [-0.25, -0.2) is 4.79 Å². The zero-order valence-corrected chi connectivity index (χ0v) is 24.6. The monoisotopic (exact) mass is 627 g/mol. The summed E-state index contributed by atoms with van der Waals surface area (Å²) in [5, 5.41) is 11.2. The van der Waals surface area contributed by atoms with E-state index in [1.54, 1.807) is 17.0 Å². The highest BCUT2D eigenvalue weighted by molar-refractivity contribution is 5.96. The molecule has 44 heavy (non-hydrogen) atoms. The SMILES string of the molecule is CC(C)(C)C1CCC2(CC1)CN(c1cc(C(F)(F)F)cc(C(F)(F)F)c1)C(=O)N2Cc1ccc(C(=O)NCCC(=O)O)cc1. The van der Waals surface area contributed by atoms with E-state index in [0.717, 1.165) is 17.7 Å². The second-order valence-electron chi connectivity index (χ2n) is 12.7. The van der Waals surface area contributed by atoms with E-state index in [1.807, 2.05) is 0 Å². The van der Waals surface area contributed by atoms with Crippen LogP contribution in [-0.2, 0) is 23.7 Å². The average Bonchev–Trinajstić information content (AvgIpc) is 3.18. The molecule has 2 aromatic rings. The fourth-order valence-electron chi connectivity index (χ4n) is 6.11. The Morgan fingerprint density at radius 3 is 1.95 bits per heavy atom. The van der Waals surface area contributed by atoms with Gasteiger partial charge in [-0.2, -0.15) is 26.3 Å². The minimum absolute atomic E-state index is 0.0156. The predicted molar refractivity (Wildman–Crippen MR) is 150 cm³/mol. The number of amides is 3. The minimum Gasteiger partial charge on any atom is -0.481 e. The van der Waals surface area contributed by atoms with E-state index in [9.17, 15) is 40.7 Å². The van der Waals surface area contributed by atoms with Gasteiger partial charge in [-0.15, -0.1) is 0 Å². The lowest BCUT2D eigenvalue weighted by molar-refractivity contribution is -0.143. The van der Waals surface area contributed by atoms with Crippen LogP contribution in [0.2, 0.25) is 0 Å². The van der Waals surface area contributed by atoms with E-state index in [4.69, 9.17) is 5.11 Å². The molecule has 0 bridgehead atoms. The van der Waals surface area contributed by atoms with Crippen molar-refractivity contribution in [2.45, 2.75) is 77.3 Å². The first-order chi connectivity index (χ1) is 20.3. The normalized spacial score (nSPS) is 21.2. The summed E-state index contributed by atoms with van der Waals surface area (Å²) < 4.78 is 81.9. The topological polar surface area (TPSA) is 90.0 Å². The number of urea groups is 1. The van der Waals surface area contributed by atoms with Gasteiger partial charge in [0, 0.05) is 24.3 Å². The molecule has 1 aliphatic carbocycles. The van der Waals surface area contributed by atoms with Crippen molar-refractivity contribution in [3.05, 3.63) is 64.7 Å². The van der Waals surface area contributed by atoms with Gasteiger partial charge in [0.1, 0.15) is 0 Å². The Labute approximate surface area is 251 Å². The summed E-state index contributed by atoms with van der Waals surface area (Å²) in [4.78, 5) is 39.5. The third-order valence-corrected chi connectivity index (χ3v) is 8.69. The maximum Gasteiger partial charge on any atom is 0.416 e. The molecule has 0 radical (unpaired) electrons. The van der Waals surface area contributed by atoms with Crippen LogP contribution in [0.5, 0.6) is 0 Å². The van der Waals surface area contributed by atoms with Gasteiger partial charge in [-0.3, -0.25) is 14.5 Å². The number of benzene rings is 2. The van der Waals surface area contributed by atoms with Crippen LogP contribution < -0.4 is 10.2 Å². The molecule has 13 heteroatoms. The first-order valence-corrected chi connectivity index (χ1v) is 14.3. The predicted octanol–water partition coefficient (Wildman–Crippen LogP) is 7.35. The van der Waals surface area contributed by atoms with Gasteiger partial charge >= 0.3 is 24.4 Å². The first-order valence-electron chi connectivity index (χ1n) is 14.3. The number of aliphatic carboxylic acids is 1. The second-order valence-corrected chi connectivity index (χ2v) is 12.7. The van der Waals surface area contributed by atoms with E-state index in [0.29, 0.717) is 36.5 Å². The molecule has 7 nitrogen and oxygen atoms in total. The van der Waals surface area contributed by atoms with E-state index < -0.39 is 52.6 Å². The standard InChI is InChI=1S/C31H35F6N3O4/c1-28(2,3)21-8-11-29(12-9-21)18-39(24-15-22(30(32,33)34)14-23(16-24)31(35,36)37)27(44)40(29)17-19-4-6-20(7-5-19)26(43)38-13-10-25(41)42/h4-7,14-16,21H,8-13,17-18H2,1-3H3,(H,38,43)(H,41,42). The number of rotatable bonds is 7. The quantitative estimate of drug-likeness (QED) is 0.314. The Morgan fingerprint density at radius 1 is 0.932 bits per heavy atom. The van der Waals surface area contributed by atoms with E-state index in [-0.39, 0.29) is 43.1 Å². The fourth-order valence-corrected chi connectivity index (χ4v) is 6.11. The molecule has 2 aromatic carbocycles. The number of hydrogen-bond donors (Lipinski definition) is 2. The molecule has 1 heterocycles. The Kier molecular flexibility index (Phi) is 9.01. The second kappa shape index (κ2) is 12.0. The number of carboxylic acids is 1. The lowest BCUT2D eigenvalue weighted by Crippen LogP contribution is -2.50. The summed E-state index contributed by atoms with van der Waals surface area (Å²) in [6.45, 7) is 6.24. The van der Waals surface area contributed by atoms with Crippen molar-refractivity contribution < 1.29 is 45.8 Å². The van der Waals surface area contributed by atoms with Gasteiger partial charge in [0.2, 0.25) is 0 Å². The lowest BCUT2D eigenvalue weighted by Gasteiger charge is -2.45. The summed E-state index contributed by atoms with van der Waals surface area (Å²) in [5.74, 6) is -1.22. The molecular weight excluding hydrogens is 592 g/mol. The molecule has 1 saturated heterocycles. The van der Waals surface area contributed by atoms with Crippen LogP contribution in [0.4, 0.5) is 36.8 Å². The Hall–Kier alpha value is -3.77. The van der Waals surface area contributed by atoms with E-state index in [2.05, 4.69) is 26.1 Å². The van der Waals surface area contributed by atoms with Crippen molar-refractivity contribution in [2.75, 3.05) is 18.0 Å². The summed E-state index contributed by atoms with van der Waals surface area (Å²) >= 11 is 0. The molecule has 2 aliphatic rings. The molecule has 3 amide bonds. The molecule has 240 valence electrons. The summed E-state index contributed by atoms with van der Waals surface area (Å²) in [6, 6.07) is 6.77. The van der Waals surface area contributed by atoms with Crippen molar-refractivity contribution in [1.29, 1.82) is 0 Å². The average molecular weight is 628 g/mol. The van der Waals surface area contributed by atoms with E-state index in [1.165, 1.54) is 12.1 Å². The van der Waals surface area contributed by atoms with Gasteiger partial charge in [0.05, 0.1) is 29.6 Å². The Balaban J connectivity index is 1.66. The molecule has 0 atom stereocenters. The van der Waals surface area contributed by atoms with Crippen LogP contribution in [0.3, 0.4) is 0 Å². The molecule has 0 unspecified atom stereocenters. The lowest BCUT2D eigenvalue weighted by atomic mass is 9.67. The van der Waals surface area contributed by atoms with Crippen molar-refractivity contribution in [3.63, 3.8) is 0 Å². The van der Waals surface area contributed by atoms with Gasteiger partial charge in [-0.05, 0) is 72.9 Å². The van der Waals surface area contributed by atoms with Gasteiger partial charge in [0.25, 0.3) is 5.91 Å². The molecule has 1 spiro atoms. The molecule has 2 fully saturated rings. The van der Waals surface area contributed by atoms with Crippen LogP contribution in [0.1, 0.15) is 79.9 Å². The number of carbonyl (C=O) groups excluding carboxylic acids is 2. The van der Waals surface area contributed by atoms with Crippen molar-refractivity contribution in [3.8, 4) is 0 Å². The number of nitrogens with zero attached hydrogens (tertiary/aromatic N) is 2.